The van der Waals surface area contributed by atoms with Crippen molar-refractivity contribution in [3.8, 4) is 0 Å². The van der Waals surface area contributed by atoms with E-state index in [2.05, 4.69) is 14.8 Å². The third-order valence-corrected chi connectivity index (χ3v) is 7.16. The highest BCUT2D eigenvalue weighted by Gasteiger charge is 2.20. The number of benzene rings is 1. The molecule has 0 aliphatic heterocycles. The van der Waals surface area contributed by atoms with Gasteiger partial charge in [-0.15, -0.1) is 0 Å². The molecular weight excluding hydrogens is 454 g/mol. The van der Waals surface area contributed by atoms with E-state index in [1.807, 2.05) is 45.5 Å². The van der Waals surface area contributed by atoms with E-state index in [1.165, 1.54) is 17.8 Å². The Hall–Kier alpha value is -3.40. The molecule has 1 aromatic carbocycles. The Morgan fingerprint density at radius 3 is 2.32 bits per heavy atom. The molecule has 3 aromatic rings. The Balaban J connectivity index is 1.77. The summed E-state index contributed by atoms with van der Waals surface area (Å²) in [6.07, 6.45) is 2.94. The largest absolute Gasteiger partial charge is 0.478 e. The number of anilines is 2. The van der Waals surface area contributed by atoms with Gasteiger partial charge >= 0.3 is 5.97 Å². The summed E-state index contributed by atoms with van der Waals surface area (Å²) in [5, 5.41) is 14.2. The quantitative estimate of drug-likeness (QED) is 0.475. The smallest absolute Gasteiger partial charge is 0.339 e. The monoisotopic (exact) mass is 485 g/mol. The summed E-state index contributed by atoms with van der Waals surface area (Å²) in [5.74, 6) is -0.901. The summed E-state index contributed by atoms with van der Waals surface area (Å²) < 4.78 is 30.0. The summed E-state index contributed by atoms with van der Waals surface area (Å²) in [5.41, 5.74) is 4.96. The Morgan fingerprint density at radius 2 is 1.76 bits per heavy atom. The minimum Gasteiger partial charge on any atom is -0.478 e. The Labute approximate surface area is 200 Å². The lowest BCUT2D eigenvalue weighted by atomic mass is 10.1. The van der Waals surface area contributed by atoms with Crippen LogP contribution in [-0.4, -0.2) is 47.9 Å². The fourth-order valence-electron chi connectivity index (χ4n) is 4.06. The molecule has 0 fully saturated rings. The molecule has 182 valence electrons. The predicted molar refractivity (Wildman–Crippen MR) is 132 cm³/mol. The number of carbonyl (C=O) groups is 1. The molecule has 0 aliphatic rings. The number of sulfonamides is 1. The molecule has 0 radical (unpaired) electrons. The fraction of sp³-hybridized carbons (Fsp3) is 0.375. The summed E-state index contributed by atoms with van der Waals surface area (Å²) >= 11 is 0. The summed E-state index contributed by atoms with van der Waals surface area (Å²) in [6.45, 7) is 8.22. The highest BCUT2D eigenvalue weighted by molar-refractivity contribution is 7.92. The number of carboxylic acid groups (broad SMARTS) is 1. The van der Waals surface area contributed by atoms with E-state index in [-0.39, 0.29) is 22.0 Å². The summed E-state index contributed by atoms with van der Waals surface area (Å²) in [6, 6.07) is 6.31. The molecule has 0 aliphatic carbocycles. The second-order valence-corrected chi connectivity index (χ2v) is 10.3. The van der Waals surface area contributed by atoms with Crippen LogP contribution in [0.4, 0.5) is 11.5 Å². The molecule has 0 amide bonds. The maximum Gasteiger partial charge on any atom is 0.339 e. The Kier molecular flexibility index (Phi) is 7.30. The van der Waals surface area contributed by atoms with E-state index in [4.69, 9.17) is 0 Å². The van der Waals surface area contributed by atoms with Crippen molar-refractivity contribution in [1.29, 1.82) is 0 Å². The Bertz CT molecular complexity index is 1310. The van der Waals surface area contributed by atoms with Gasteiger partial charge in [0.05, 0.1) is 22.5 Å². The minimum atomic E-state index is -3.89. The average Bonchev–Trinajstić information content (AvgIpc) is 2.98. The lowest BCUT2D eigenvalue weighted by molar-refractivity contribution is 0.0697. The first-order chi connectivity index (χ1) is 15.9. The van der Waals surface area contributed by atoms with Crippen LogP contribution in [0, 0.1) is 27.7 Å². The maximum atomic E-state index is 12.8. The van der Waals surface area contributed by atoms with Gasteiger partial charge in [-0.05, 0) is 75.4 Å². The molecule has 10 heteroatoms. The van der Waals surface area contributed by atoms with Crippen LogP contribution >= 0.6 is 0 Å². The van der Waals surface area contributed by atoms with Gasteiger partial charge in [-0.1, -0.05) is 6.07 Å². The van der Waals surface area contributed by atoms with E-state index >= 15 is 0 Å². The standard InChI is InChI=1S/C24H31N5O4S/c1-15-10-16(2)12-20(11-15)34(32,33)27-19-13-22(24(30)31)23(25-14-19)28(5)9-7-8-21-17(3)26-29(6)18(21)4/h10-14,27H,7-9H2,1-6H3,(H,30,31). The summed E-state index contributed by atoms with van der Waals surface area (Å²) in [7, 11) is -0.201. The van der Waals surface area contributed by atoms with Crippen molar-refractivity contribution in [1.82, 2.24) is 14.8 Å². The molecule has 0 unspecified atom stereocenters. The zero-order valence-corrected chi connectivity index (χ0v) is 21.2. The van der Waals surface area contributed by atoms with E-state index < -0.39 is 16.0 Å². The molecular formula is C24H31N5O4S. The second-order valence-electron chi connectivity index (χ2n) is 8.63. The lowest BCUT2D eigenvalue weighted by Crippen LogP contribution is -2.23. The molecule has 9 nitrogen and oxygen atoms in total. The van der Waals surface area contributed by atoms with Gasteiger partial charge in [0.1, 0.15) is 11.4 Å². The average molecular weight is 486 g/mol. The zero-order valence-electron chi connectivity index (χ0n) is 20.4. The number of hydrogen-bond donors (Lipinski definition) is 2. The molecule has 0 bridgehead atoms. The van der Waals surface area contributed by atoms with Gasteiger partial charge in [-0.25, -0.2) is 18.2 Å². The van der Waals surface area contributed by atoms with Gasteiger partial charge < -0.3 is 10.0 Å². The SMILES string of the molecule is Cc1cc(C)cc(S(=O)(=O)Nc2cnc(N(C)CCCc3c(C)nn(C)c3C)c(C(=O)O)c2)c1. The van der Waals surface area contributed by atoms with Crippen molar-refractivity contribution >= 4 is 27.5 Å². The van der Waals surface area contributed by atoms with Crippen LogP contribution in [0.25, 0.3) is 0 Å². The number of aromatic carboxylic acids is 1. The van der Waals surface area contributed by atoms with Gasteiger partial charge in [-0.2, -0.15) is 5.10 Å². The number of hydrogen-bond acceptors (Lipinski definition) is 6. The fourth-order valence-corrected chi connectivity index (χ4v) is 5.28. The number of aromatic nitrogens is 3. The molecule has 0 saturated heterocycles. The van der Waals surface area contributed by atoms with Crippen LogP contribution in [0.2, 0.25) is 0 Å². The van der Waals surface area contributed by atoms with E-state index in [0.717, 1.165) is 35.4 Å². The normalized spacial score (nSPS) is 11.5. The first kappa shape index (κ1) is 25.2. The van der Waals surface area contributed by atoms with Crippen molar-refractivity contribution < 1.29 is 18.3 Å². The zero-order chi connectivity index (χ0) is 25.2. The van der Waals surface area contributed by atoms with Gasteiger partial charge in [-0.3, -0.25) is 9.40 Å². The molecule has 2 N–H and O–H groups in total. The molecule has 3 rings (SSSR count). The van der Waals surface area contributed by atoms with Crippen LogP contribution in [0.3, 0.4) is 0 Å². The number of pyridine rings is 1. The van der Waals surface area contributed by atoms with E-state index in [1.54, 1.807) is 24.1 Å². The van der Waals surface area contributed by atoms with Crippen molar-refractivity contribution in [3.05, 3.63) is 64.1 Å². The highest BCUT2D eigenvalue weighted by atomic mass is 32.2. The van der Waals surface area contributed by atoms with Crippen LogP contribution in [0.1, 0.15) is 44.9 Å². The van der Waals surface area contributed by atoms with Crippen LogP contribution in [0.5, 0.6) is 0 Å². The van der Waals surface area contributed by atoms with Gasteiger partial charge in [0.15, 0.2) is 0 Å². The molecule has 2 aromatic heterocycles. The van der Waals surface area contributed by atoms with Gasteiger partial charge in [0, 0.05) is 26.3 Å². The van der Waals surface area contributed by atoms with Crippen molar-refractivity contribution in [3.63, 3.8) is 0 Å². The molecule has 0 atom stereocenters. The second kappa shape index (κ2) is 9.84. The molecule has 2 heterocycles. The number of rotatable bonds is 9. The Morgan fingerprint density at radius 1 is 1.12 bits per heavy atom. The summed E-state index contributed by atoms with van der Waals surface area (Å²) in [4.78, 5) is 18.1. The molecule has 0 saturated carbocycles. The van der Waals surface area contributed by atoms with Crippen molar-refractivity contribution in [2.24, 2.45) is 7.05 Å². The van der Waals surface area contributed by atoms with Gasteiger partial charge in [0.25, 0.3) is 10.0 Å². The predicted octanol–water partition coefficient (Wildman–Crippen LogP) is 3.62. The first-order valence-electron chi connectivity index (χ1n) is 10.9. The third kappa shape index (κ3) is 5.56. The first-order valence-corrected chi connectivity index (χ1v) is 12.4. The number of carboxylic acids is 1. The van der Waals surface area contributed by atoms with Crippen LogP contribution in [-0.2, 0) is 23.5 Å². The maximum absolute atomic E-state index is 12.8. The van der Waals surface area contributed by atoms with E-state index in [0.29, 0.717) is 6.54 Å². The van der Waals surface area contributed by atoms with Crippen molar-refractivity contribution in [2.75, 3.05) is 23.2 Å². The number of nitrogens with zero attached hydrogens (tertiary/aromatic N) is 4. The van der Waals surface area contributed by atoms with E-state index in [9.17, 15) is 18.3 Å². The lowest BCUT2D eigenvalue weighted by Gasteiger charge is -2.21. The van der Waals surface area contributed by atoms with Crippen LogP contribution in [0.15, 0.2) is 35.4 Å². The minimum absolute atomic E-state index is 0.0724. The topological polar surface area (TPSA) is 117 Å². The van der Waals surface area contributed by atoms with Gasteiger partial charge in [0.2, 0.25) is 0 Å². The molecule has 0 spiro atoms. The number of nitrogens with one attached hydrogen (secondary N) is 1. The third-order valence-electron chi connectivity index (χ3n) is 5.80. The molecule has 34 heavy (non-hydrogen) atoms. The highest BCUT2D eigenvalue weighted by Crippen LogP contribution is 2.24. The number of aryl methyl sites for hydroxylation is 4. The van der Waals surface area contributed by atoms with Crippen LogP contribution < -0.4 is 9.62 Å². The van der Waals surface area contributed by atoms with Crippen molar-refractivity contribution in [2.45, 2.75) is 45.4 Å².